The monoisotopic (exact) mass is 384 g/mol. The van der Waals surface area contributed by atoms with Gasteiger partial charge in [0.25, 0.3) is 5.91 Å². The largest absolute Gasteiger partial charge is 0.624 e. The van der Waals surface area contributed by atoms with Crippen LogP contribution in [0.25, 0.3) is 0 Å². The van der Waals surface area contributed by atoms with Crippen LogP contribution in [0, 0.1) is 5.21 Å². The van der Waals surface area contributed by atoms with Crippen molar-refractivity contribution < 1.29 is 19.0 Å². The molecule has 1 N–H and O–H groups in total. The molecule has 2 rings (SSSR count). The lowest BCUT2D eigenvalue weighted by atomic mass is 10.1. The number of nitrogens with zero attached hydrogens (tertiary/aromatic N) is 1. The van der Waals surface area contributed by atoms with E-state index in [4.69, 9.17) is 9.47 Å². The van der Waals surface area contributed by atoms with Crippen molar-refractivity contribution in [2.75, 3.05) is 20.8 Å². The number of hydrogen-bond acceptors (Lipinski definition) is 4. The first-order chi connectivity index (χ1) is 13.6. The highest BCUT2D eigenvalue weighted by atomic mass is 16.5. The molecular weight excluding hydrogens is 356 g/mol. The Kier molecular flexibility index (Phi) is 8.85. The van der Waals surface area contributed by atoms with Crippen LogP contribution in [0.1, 0.15) is 41.6 Å². The molecule has 0 atom stereocenters. The van der Waals surface area contributed by atoms with E-state index < -0.39 is 0 Å². The average Bonchev–Trinajstić information content (AvgIpc) is 2.73. The minimum atomic E-state index is -0.138. The molecule has 6 heteroatoms. The Morgan fingerprint density at radius 2 is 1.79 bits per heavy atom. The number of unbranched alkanes of at least 4 members (excludes halogenated alkanes) is 3. The van der Waals surface area contributed by atoms with Gasteiger partial charge in [0.1, 0.15) is 0 Å². The number of carbonyl (C=O) groups excluding carboxylic acids is 1. The summed E-state index contributed by atoms with van der Waals surface area (Å²) in [6, 6.07) is 14.8. The van der Waals surface area contributed by atoms with E-state index in [0.29, 0.717) is 30.2 Å². The van der Waals surface area contributed by atoms with Crippen molar-refractivity contribution in [3.05, 3.63) is 64.9 Å². The third-order valence-electron chi connectivity index (χ3n) is 4.33. The quantitative estimate of drug-likeness (QED) is 0.210. The van der Waals surface area contributed by atoms with Crippen molar-refractivity contribution in [3.63, 3.8) is 0 Å². The fourth-order valence-corrected chi connectivity index (χ4v) is 2.79. The van der Waals surface area contributed by atoms with E-state index in [1.165, 1.54) is 0 Å². The number of methoxy groups -OCH3 is 2. The molecule has 0 unspecified atom stereocenters. The number of hydrogen-bond donors (Lipinski definition) is 1. The molecule has 0 heterocycles. The summed E-state index contributed by atoms with van der Waals surface area (Å²) in [7, 11) is 3.10. The molecule has 0 saturated carbocycles. The second-order valence-electron chi connectivity index (χ2n) is 6.42. The van der Waals surface area contributed by atoms with Gasteiger partial charge < -0.3 is 20.0 Å². The lowest BCUT2D eigenvalue weighted by molar-refractivity contribution is -0.471. The van der Waals surface area contributed by atoms with Crippen LogP contribution >= 0.6 is 0 Å². The van der Waals surface area contributed by atoms with Gasteiger partial charge in [0, 0.05) is 24.1 Å². The summed E-state index contributed by atoms with van der Waals surface area (Å²) in [4.78, 5) is 12.2. The normalized spacial score (nSPS) is 11.1. The molecule has 150 valence electrons. The molecule has 0 aliphatic carbocycles. The Bertz CT molecular complexity index is 775. The fraction of sp³-hybridized carbons (Fsp3) is 0.364. The van der Waals surface area contributed by atoms with Gasteiger partial charge in [-0.25, -0.2) is 4.74 Å². The highest BCUT2D eigenvalue weighted by molar-refractivity contribution is 5.94. The molecule has 0 saturated heterocycles. The van der Waals surface area contributed by atoms with Gasteiger partial charge in [0.15, 0.2) is 24.3 Å². The van der Waals surface area contributed by atoms with Crippen LogP contribution < -0.4 is 14.8 Å². The molecule has 0 spiro atoms. The number of benzene rings is 2. The van der Waals surface area contributed by atoms with Crippen LogP contribution in [0.4, 0.5) is 0 Å². The van der Waals surface area contributed by atoms with Crippen molar-refractivity contribution in [1.82, 2.24) is 5.32 Å². The Balaban J connectivity index is 1.63. The molecular formula is C22H28N2O4. The van der Waals surface area contributed by atoms with E-state index >= 15 is 0 Å². The van der Waals surface area contributed by atoms with Crippen molar-refractivity contribution >= 4 is 12.1 Å². The number of carbonyl (C=O) groups is 1. The summed E-state index contributed by atoms with van der Waals surface area (Å²) >= 11 is 0. The maximum Gasteiger partial charge on any atom is 0.251 e. The first-order valence-electron chi connectivity index (χ1n) is 9.45. The number of amides is 1. The molecule has 0 aromatic heterocycles. The zero-order chi connectivity index (χ0) is 20.2. The zero-order valence-corrected chi connectivity index (χ0v) is 16.5. The van der Waals surface area contributed by atoms with Crippen LogP contribution in [0.5, 0.6) is 11.5 Å². The standard InChI is InChI=1S/C22H28N2O4/c1-27-20-13-12-19(16-21(20)28-2)22(25)23-14-8-3-4-9-15-24(26)17-18-10-6-5-7-11-18/h5-7,10-13,15-16H,3-4,8-9,14,17H2,1-2H3,(H,23,25)/b24-15-. The number of ether oxygens (including phenoxy) is 2. The molecule has 0 radical (unpaired) electrons. The van der Waals surface area contributed by atoms with E-state index in [2.05, 4.69) is 5.32 Å². The van der Waals surface area contributed by atoms with Gasteiger partial charge in [-0.05, 0) is 31.0 Å². The topological polar surface area (TPSA) is 73.6 Å². The predicted molar refractivity (Wildman–Crippen MR) is 110 cm³/mol. The molecule has 0 fully saturated rings. The van der Waals surface area contributed by atoms with E-state index in [1.54, 1.807) is 38.6 Å². The molecule has 2 aromatic carbocycles. The Morgan fingerprint density at radius 3 is 2.50 bits per heavy atom. The molecule has 2 aromatic rings. The smallest absolute Gasteiger partial charge is 0.251 e. The second-order valence-corrected chi connectivity index (χ2v) is 6.42. The summed E-state index contributed by atoms with van der Waals surface area (Å²) in [5, 5.41) is 14.7. The molecule has 6 nitrogen and oxygen atoms in total. The van der Waals surface area contributed by atoms with Crippen LogP contribution in [-0.4, -0.2) is 37.6 Å². The van der Waals surface area contributed by atoms with Crippen molar-refractivity contribution in [2.45, 2.75) is 32.2 Å². The summed E-state index contributed by atoms with van der Waals surface area (Å²) in [6.07, 6.45) is 5.15. The highest BCUT2D eigenvalue weighted by Gasteiger charge is 2.10. The van der Waals surface area contributed by atoms with Crippen LogP contribution in [0.2, 0.25) is 0 Å². The molecule has 0 aliphatic heterocycles. The zero-order valence-electron chi connectivity index (χ0n) is 16.5. The van der Waals surface area contributed by atoms with Crippen LogP contribution in [-0.2, 0) is 6.54 Å². The van der Waals surface area contributed by atoms with Crippen molar-refractivity contribution in [2.24, 2.45) is 0 Å². The summed E-state index contributed by atoms with van der Waals surface area (Å²) < 4.78 is 11.4. The Hall–Kier alpha value is -3.02. The predicted octanol–water partition coefficient (Wildman–Crippen LogP) is 3.78. The SMILES string of the molecule is COc1ccc(C(=O)NCCCCC/C=[N+](\[O-])Cc2ccccc2)cc1OC. The van der Waals surface area contributed by atoms with Crippen molar-refractivity contribution in [3.8, 4) is 11.5 Å². The first kappa shape index (κ1) is 21.3. The summed E-state index contributed by atoms with van der Waals surface area (Å²) in [5.41, 5.74) is 1.54. The third kappa shape index (κ3) is 6.95. The fourth-order valence-electron chi connectivity index (χ4n) is 2.79. The lowest BCUT2D eigenvalue weighted by Crippen LogP contribution is -2.24. The summed E-state index contributed by atoms with van der Waals surface area (Å²) in [6.45, 7) is 0.973. The van der Waals surface area contributed by atoms with Gasteiger partial charge >= 0.3 is 0 Å². The average molecular weight is 384 g/mol. The highest BCUT2D eigenvalue weighted by Crippen LogP contribution is 2.27. The van der Waals surface area contributed by atoms with Gasteiger partial charge in [-0.2, -0.15) is 0 Å². The first-order valence-corrected chi connectivity index (χ1v) is 9.45. The van der Waals surface area contributed by atoms with Gasteiger partial charge in [-0.3, -0.25) is 4.79 Å². The maximum atomic E-state index is 12.2. The van der Waals surface area contributed by atoms with Crippen LogP contribution in [0.3, 0.4) is 0 Å². The molecule has 28 heavy (non-hydrogen) atoms. The Labute approximate surface area is 166 Å². The molecule has 0 aliphatic rings. The Morgan fingerprint density at radius 1 is 1.04 bits per heavy atom. The number of hydroxylamine groups is 1. The number of nitrogens with one attached hydrogen (secondary N) is 1. The number of rotatable bonds is 11. The lowest BCUT2D eigenvalue weighted by Gasteiger charge is -2.10. The van der Waals surface area contributed by atoms with Crippen molar-refractivity contribution in [1.29, 1.82) is 0 Å². The summed E-state index contributed by atoms with van der Waals surface area (Å²) in [5.74, 6) is 0.986. The van der Waals surface area contributed by atoms with Gasteiger partial charge in [0.2, 0.25) is 0 Å². The van der Waals surface area contributed by atoms with Crippen LogP contribution in [0.15, 0.2) is 48.5 Å². The van der Waals surface area contributed by atoms with E-state index in [-0.39, 0.29) is 5.91 Å². The minimum absolute atomic E-state index is 0.138. The molecule has 1 amide bonds. The van der Waals surface area contributed by atoms with E-state index in [9.17, 15) is 10.0 Å². The minimum Gasteiger partial charge on any atom is -0.624 e. The molecule has 0 bridgehead atoms. The van der Waals surface area contributed by atoms with E-state index in [0.717, 1.165) is 36.0 Å². The second kappa shape index (κ2) is 11.6. The van der Waals surface area contributed by atoms with Gasteiger partial charge in [0.05, 0.1) is 14.2 Å². The third-order valence-corrected chi connectivity index (χ3v) is 4.33. The van der Waals surface area contributed by atoms with Gasteiger partial charge in [-0.15, -0.1) is 0 Å². The maximum absolute atomic E-state index is 12.2. The van der Waals surface area contributed by atoms with E-state index in [1.807, 2.05) is 30.3 Å². The van der Waals surface area contributed by atoms with Gasteiger partial charge in [-0.1, -0.05) is 36.8 Å².